The lowest BCUT2D eigenvalue weighted by molar-refractivity contribution is -0.371. The van der Waals surface area contributed by atoms with E-state index in [1.165, 1.54) is 0 Å². The number of carboxylic acid groups (broad SMARTS) is 1. The van der Waals surface area contributed by atoms with Crippen LogP contribution in [0, 0.1) is 59.2 Å². The lowest BCUT2D eigenvalue weighted by Gasteiger charge is -2.55. The summed E-state index contributed by atoms with van der Waals surface area (Å²) in [7, 11) is -9.35. The van der Waals surface area contributed by atoms with Gasteiger partial charge in [0.15, 0.2) is 39.1 Å². The highest BCUT2D eigenvalue weighted by Crippen LogP contribution is 2.49. The molecule has 2 saturated heterocycles. The molecule has 0 aromatic rings. The first-order chi connectivity index (χ1) is 37.8. The van der Waals surface area contributed by atoms with E-state index in [4.69, 9.17) is 27.2 Å². The number of carbonyl (C=O) groups is 3. The zero-order chi connectivity index (χ0) is 65.5. The van der Waals surface area contributed by atoms with Gasteiger partial charge in [-0.2, -0.15) is 0 Å². The number of hydrogen-bond donors (Lipinski definition) is 2. The van der Waals surface area contributed by atoms with E-state index in [9.17, 15) is 15.0 Å². The van der Waals surface area contributed by atoms with Crippen molar-refractivity contribution in [2.24, 2.45) is 59.2 Å². The van der Waals surface area contributed by atoms with Crippen LogP contribution in [0.5, 0.6) is 0 Å². The fourth-order valence-corrected chi connectivity index (χ4v) is 17.3. The van der Waals surface area contributed by atoms with Gasteiger partial charge in [0.25, 0.3) is 0 Å². The number of aliphatic carboxylic acids is 1. The first kappa shape index (κ1) is 78.7. The van der Waals surface area contributed by atoms with E-state index in [2.05, 4.69) is 201 Å². The molecule has 2 aliphatic heterocycles. The third-order valence-electron chi connectivity index (χ3n) is 22.1. The Hall–Kier alpha value is -1.38. The number of ketones is 2. The van der Waals surface area contributed by atoms with Gasteiger partial charge in [-0.3, -0.25) is 9.59 Å². The van der Waals surface area contributed by atoms with Crippen LogP contribution in [0.4, 0.5) is 0 Å². The molecule has 0 aromatic carbocycles. The number of carboxylic acids is 1. The molecule has 18 atom stereocenters. The smallest absolute Gasteiger partial charge is 0.327 e. The molecule has 2 heterocycles. The largest absolute Gasteiger partial charge is 0.478 e. The van der Waals surface area contributed by atoms with Crippen molar-refractivity contribution in [2.75, 3.05) is 0 Å². The zero-order valence-corrected chi connectivity index (χ0v) is 63.8. The molecule has 2 fully saturated rings. The van der Waals surface area contributed by atoms with Crippen LogP contribution in [0.3, 0.4) is 0 Å². The van der Waals surface area contributed by atoms with Crippen molar-refractivity contribution >= 4 is 50.8 Å². The Balaban J connectivity index is 2.45. The molecular weight excluding hydrogens is 1120 g/mol. The topological polar surface area (TPSA) is 147 Å². The maximum absolute atomic E-state index is 15.4. The maximum Gasteiger partial charge on any atom is 0.327 e. The second kappa shape index (κ2) is 30.6. The molecule has 490 valence electrons. The molecule has 0 aliphatic carbocycles. The van der Waals surface area contributed by atoms with Gasteiger partial charge in [0.05, 0.1) is 36.6 Å². The molecule has 2 rings (SSSR count). The second-order valence-corrected chi connectivity index (χ2v) is 52.0. The van der Waals surface area contributed by atoms with Gasteiger partial charge in [-0.1, -0.05) is 183 Å². The van der Waals surface area contributed by atoms with Gasteiger partial charge in [-0.05, 0) is 136 Å². The number of hydrogen-bond acceptors (Lipinski definition) is 10. The first-order valence-corrected chi connectivity index (χ1v) is 44.5. The van der Waals surface area contributed by atoms with E-state index in [0.29, 0.717) is 18.3 Å². The van der Waals surface area contributed by atoms with E-state index in [-0.39, 0.29) is 79.8 Å². The van der Waals surface area contributed by atoms with Crippen molar-refractivity contribution in [3.05, 3.63) is 36.5 Å². The summed E-state index contributed by atoms with van der Waals surface area (Å²) in [5, 5.41) is 21.1. The van der Waals surface area contributed by atoms with Crippen LogP contribution in [-0.2, 0) is 41.6 Å². The maximum atomic E-state index is 15.4. The molecule has 0 saturated carbocycles. The van der Waals surface area contributed by atoms with Crippen LogP contribution in [0.1, 0.15) is 204 Å². The van der Waals surface area contributed by atoms with E-state index >= 15 is 9.59 Å². The fraction of sp³-hybridized carbons (Fsp3) is 0.870. The summed E-state index contributed by atoms with van der Waals surface area (Å²) in [6.45, 7) is 67.3. The molecule has 15 heteroatoms. The molecule has 0 amide bonds. The number of rotatable bonds is 30. The van der Waals surface area contributed by atoms with Crippen LogP contribution in [0.25, 0.3) is 0 Å². The van der Waals surface area contributed by atoms with E-state index < -0.39 is 87.0 Å². The predicted molar refractivity (Wildman–Crippen MR) is 361 cm³/mol. The molecule has 11 nitrogen and oxygen atoms in total. The summed E-state index contributed by atoms with van der Waals surface area (Å²) >= 11 is 0. The van der Waals surface area contributed by atoms with Crippen molar-refractivity contribution in [3.8, 4) is 0 Å². The summed E-state index contributed by atoms with van der Waals surface area (Å²) in [5.41, 5.74) is 0. The average molecular weight is 1250 g/mol. The highest BCUT2D eigenvalue weighted by Gasteiger charge is 2.55. The molecule has 1 spiro atoms. The summed E-state index contributed by atoms with van der Waals surface area (Å²) in [6.07, 6.45) is 15.3. The molecule has 84 heavy (non-hydrogen) atoms. The third-order valence-corrected chi connectivity index (χ3v) is 40.1. The number of allylic oxidation sites excluding steroid dienone is 4. The van der Waals surface area contributed by atoms with E-state index in [1.807, 2.05) is 34.6 Å². The first-order valence-electron chi connectivity index (χ1n) is 32.9. The quantitative estimate of drug-likeness (QED) is 0.0402. The van der Waals surface area contributed by atoms with Gasteiger partial charge in [-0.25, -0.2) is 4.79 Å². The van der Waals surface area contributed by atoms with Gasteiger partial charge in [-0.15, -0.1) is 0 Å². The van der Waals surface area contributed by atoms with Crippen molar-refractivity contribution in [2.45, 2.75) is 325 Å². The summed E-state index contributed by atoms with van der Waals surface area (Å²) < 4.78 is 42.7. The number of carbonyl (C=O) groups excluding carboxylic acids is 2. The third kappa shape index (κ3) is 20.8. The Kier molecular flexibility index (Phi) is 28.7. The normalized spacial score (nSPS) is 27.1. The van der Waals surface area contributed by atoms with Gasteiger partial charge in [0.2, 0.25) is 0 Å². The Bertz CT molecular complexity index is 2180. The van der Waals surface area contributed by atoms with Crippen molar-refractivity contribution in [1.82, 2.24) is 0 Å². The SMILES string of the molecule is CC[C@H](/C=C/C=C/C[C@@H](C)[C@H](O[Si](C)(C)C(C)(C)C)[C@H](C)C(=O)[C@@H](C)[C@H](O[Si](C)(C)C(C)(C)C)[C@@H](C)C(=O)[C@@H](C)[C@H](O[Si](C)(C)C(C)(C)C)[C@@H](C)/C=C/C(=O)O)CC[C@@H]1O[C@]2(CC[C@H](C)[C@H](C[C@@H](C)O[Si](C)(C)C(C)(C)C)O2)[C@H](C)[C@H](O)[C@@H]1C. The van der Waals surface area contributed by atoms with Crippen LogP contribution in [-0.4, -0.2) is 110 Å². The minimum absolute atomic E-state index is 0.00656. The Morgan fingerprint density at radius 2 is 1.02 bits per heavy atom. The zero-order valence-electron chi connectivity index (χ0n) is 59.8. The minimum atomic E-state index is -2.56. The standard InChI is InChI=1S/C69H132O11Si4/c1-32-55(39-40-56-49(6)61(74)54(11)69(75-56)43-42-45(2)57(76-69)44-48(5)77-81(24,25)65(12,13)14)37-35-33-34-36-46(3)62(78-82(26,27)66(15,16)17)50(7)59(72)52(9)64(80-84(30,31)68(21,22)23)53(10)60(73)51(8)63(47(4)38-41-58(70)71)79-83(28,29)67(18,19)20/h33-35,37-38,41,45-57,61-64,74H,32,36,39-40,42-44H2,1-31H3,(H,70,71)/b34-33+,37-35+,41-38+/t45-,46+,47-,48+,49+,50+,51+,52+,53-,54+,55+,56-,57-,61+,62-,63+,64-,69-/m0/s1. The van der Waals surface area contributed by atoms with Gasteiger partial charge >= 0.3 is 5.97 Å². The van der Waals surface area contributed by atoms with Crippen molar-refractivity contribution in [3.63, 3.8) is 0 Å². The summed E-state index contributed by atoms with van der Waals surface area (Å²) in [4.78, 5) is 42.3. The van der Waals surface area contributed by atoms with Gasteiger partial charge < -0.3 is 37.4 Å². The van der Waals surface area contributed by atoms with E-state index in [1.54, 1.807) is 6.08 Å². The lowest BCUT2D eigenvalue weighted by Crippen LogP contribution is -2.61. The highest BCUT2D eigenvalue weighted by atomic mass is 28.4. The van der Waals surface area contributed by atoms with Crippen LogP contribution < -0.4 is 0 Å². The summed E-state index contributed by atoms with van der Waals surface area (Å²) in [5.74, 6) is -4.15. The molecule has 2 N–H and O–H groups in total. The second-order valence-electron chi connectivity index (χ2n) is 33.0. The van der Waals surface area contributed by atoms with Crippen molar-refractivity contribution in [1.29, 1.82) is 0 Å². The van der Waals surface area contributed by atoms with Crippen LogP contribution >= 0.6 is 0 Å². The molecule has 0 aromatic heterocycles. The molecule has 0 unspecified atom stereocenters. The lowest BCUT2D eigenvalue weighted by atomic mass is 9.75. The average Bonchev–Trinajstić information content (AvgIpc) is 3.56. The fourth-order valence-electron chi connectivity index (χ4n) is 11.5. The van der Waals surface area contributed by atoms with Gasteiger partial charge in [0.1, 0.15) is 11.6 Å². The summed E-state index contributed by atoms with van der Waals surface area (Å²) in [6, 6.07) is 0. The predicted octanol–water partition coefficient (Wildman–Crippen LogP) is 18.4. The molecular formula is C69H132O11Si4. The van der Waals surface area contributed by atoms with Crippen molar-refractivity contribution < 1.29 is 51.8 Å². The van der Waals surface area contributed by atoms with Crippen LogP contribution in [0.2, 0.25) is 72.5 Å². The Morgan fingerprint density at radius 1 is 0.607 bits per heavy atom. The number of Topliss-reactive ketones (excluding diaryl/α,β-unsaturated/α-hetero) is 2. The molecule has 0 bridgehead atoms. The minimum Gasteiger partial charge on any atom is -0.478 e. The Morgan fingerprint density at radius 3 is 1.48 bits per heavy atom. The molecule has 0 radical (unpaired) electrons. The van der Waals surface area contributed by atoms with Gasteiger partial charge in [0, 0.05) is 60.0 Å². The monoisotopic (exact) mass is 1250 g/mol. The Labute approximate surface area is 520 Å². The number of ether oxygens (including phenoxy) is 2. The van der Waals surface area contributed by atoms with E-state index in [0.717, 1.165) is 44.6 Å². The number of aliphatic hydroxyl groups excluding tert-OH is 1. The number of aliphatic hydroxyl groups is 1. The molecule has 2 aliphatic rings. The highest BCUT2D eigenvalue weighted by molar-refractivity contribution is 6.75. The van der Waals surface area contributed by atoms with Crippen LogP contribution in [0.15, 0.2) is 36.5 Å².